The monoisotopic (exact) mass is 150 g/mol. The third kappa shape index (κ3) is 869. The predicted molar refractivity (Wildman–Crippen MR) is 42.8 cm³/mol. The summed E-state index contributed by atoms with van der Waals surface area (Å²) in [6.45, 7) is 9.19. The van der Waals surface area contributed by atoms with E-state index in [1.807, 2.05) is 0 Å². The molecule has 0 fully saturated rings. The van der Waals surface area contributed by atoms with Crippen LogP contribution in [0.4, 0.5) is 0 Å². The highest BCUT2D eigenvalue weighted by atomic mass is 16.3. The molecular formula is C7H18O3. The van der Waals surface area contributed by atoms with Gasteiger partial charge in [-0.3, -0.25) is 0 Å². The molecule has 0 amide bonds. The third-order valence-corrected chi connectivity index (χ3v) is 0.1000. The van der Waals surface area contributed by atoms with Crippen LogP contribution >= 0.6 is 0 Å². The minimum Gasteiger partial charge on any atom is -0.394 e. The molecule has 0 heterocycles. The van der Waals surface area contributed by atoms with Crippen molar-refractivity contribution in [1.82, 2.24) is 0 Å². The van der Waals surface area contributed by atoms with E-state index in [-0.39, 0.29) is 19.3 Å². The number of aliphatic hydroxyl groups excluding tert-OH is 3. The predicted octanol–water partition coefficient (Wildman–Crippen LogP) is 0.160. The Morgan fingerprint density at radius 2 is 1.20 bits per heavy atom. The van der Waals surface area contributed by atoms with Crippen LogP contribution in [-0.2, 0) is 0 Å². The molecule has 0 atom stereocenters. The van der Waals surface area contributed by atoms with Gasteiger partial charge in [0.15, 0.2) is 0 Å². The summed E-state index contributed by atoms with van der Waals surface area (Å²) < 4.78 is 0. The van der Waals surface area contributed by atoms with Crippen molar-refractivity contribution in [3.8, 4) is 0 Å². The van der Waals surface area contributed by atoms with Gasteiger partial charge in [0.2, 0.25) is 0 Å². The minimum atomic E-state index is -0.167. The maximum atomic E-state index is 8.06. The van der Waals surface area contributed by atoms with Crippen molar-refractivity contribution in [3.63, 3.8) is 0 Å². The van der Waals surface area contributed by atoms with E-state index in [9.17, 15) is 0 Å². The second kappa shape index (κ2) is 23.4. The van der Waals surface area contributed by atoms with Crippen molar-refractivity contribution in [2.75, 3.05) is 13.2 Å². The lowest BCUT2D eigenvalue weighted by Crippen LogP contribution is -1.85. The quantitative estimate of drug-likeness (QED) is 0.467. The van der Waals surface area contributed by atoms with Gasteiger partial charge in [-0.2, -0.15) is 0 Å². The second-order valence-corrected chi connectivity index (χ2v) is 1.54. The second-order valence-electron chi connectivity index (χ2n) is 1.54. The molecule has 0 saturated heterocycles. The molecule has 0 aromatic rings. The highest BCUT2D eigenvalue weighted by Gasteiger charge is 1.69. The Morgan fingerprint density at radius 3 is 1.20 bits per heavy atom. The van der Waals surface area contributed by atoms with Crippen LogP contribution in [0.5, 0.6) is 0 Å². The van der Waals surface area contributed by atoms with Gasteiger partial charge in [-0.15, -0.1) is 13.2 Å². The summed E-state index contributed by atoms with van der Waals surface area (Å²) in [4.78, 5) is 0. The highest BCUT2D eigenvalue weighted by Crippen LogP contribution is 1.65. The molecule has 3 heteroatoms. The lowest BCUT2D eigenvalue weighted by Gasteiger charge is -1.80. The lowest BCUT2D eigenvalue weighted by atomic mass is 10.5. The first-order valence-electron chi connectivity index (χ1n) is 3.05. The van der Waals surface area contributed by atoms with E-state index < -0.39 is 0 Å². The van der Waals surface area contributed by atoms with Gasteiger partial charge in [-0.1, -0.05) is 0 Å². The fraction of sp³-hybridized carbons (Fsp3) is 0.714. The first-order valence-corrected chi connectivity index (χ1v) is 3.05. The molecule has 64 valence electrons. The van der Waals surface area contributed by atoms with Gasteiger partial charge in [-0.05, 0) is 13.8 Å². The van der Waals surface area contributed by atoms with E-state index in [0.717, 1.165) is 0 Å². The van der Waals surface area contributed by atoms with E-state index in [4.69, 9.17) is 15.3 Å². The van der Waals surface area contributed by atoms with Crippen LogP contribution in [0, 0.1) is 0 Å². The zero-order chi connectivity index (χ0) is 8.99. The van der Waals surface area contributed by atoms with Gasteiger partial charge in [0, 0.05) is 6.10 Å². The largest absolute Gasteiger partial charge is 0.394 e. The maximum Gasteiger partial charge on any atom is 0.0662 e. The summed E-state index contributed by atoms with van der Waals surface area (Å²) in [7, 11) is 0. The van der Waals surface area contributed by atoms with Gasteiger partial charge in [0.1, 0.15) is 0 Å². The molecule has 0 aromatic carbocycles. The fourth-order valence-corrected chi connectivity index (χ4v) is 0. The normalized spacial score (nSPS) is 7.00. The van der Waals surface area contributed by atoms with Gasteiger partial charge < -0.3 is 15.3 Å². The number of rotatable bonds is 1. The summed E-state index contributed by atoms with van der Waals surface area (Å²) in [5, 5.41) is 23.3. The summed E-state index contributed by atoms with van der Waals surface area (Å²) in [5.41, 5.74) is 0. The Labute approximate surface area is 62.6 Å². The van der Waals surface area contributed by atoms with Crippen molar-refractivity contribution in [1.29, 1.82) is 0 Å². The SMILES string of the molecule is C=C.CC(C)O.OCCO. The van der Waals surface area contributed by atoms with Gasteiger partial charge in [0.05, 0.1) is 13.2 Å². The van der Waals surface area contributed by atoms with E-state index >= 15 is 0 Å². The number of hydrogen-bond donors (Lipinski definition) is 3. The van der Waals surface area contributed by atoms with Crippen molar-refractivity contribution in [3.05, 3.63) is 13.2 Å². The zero-order valence-electron chi connectivity index (χ0n) is 6.75. The molecule has 0 aromatic heterocycles. The highest BCUT2D eigenvalue weighted by molar-refractivity contribution is 4.22. The van der Waals surface area contributed by atoms with Crippen molar-refractivity contribution < 1.29 is 15.3 Å². The van der Waals surface area contributed by atoms with Crippen LogP contribution < -0.4 is 0 Å². The number of aliphatic hydroxyl groups is 3. The first kappa shape index (κ1) is 16.3. The van der Waals surface area contributed by atoms with E-state index in [1.54, 1.807) is 13.8 Å². The molecule has 10 heavy (non-hydrogen) atoms. The average Bonchev–Trinajstić information content (AvgIpc) is 1.91. The molecule has 0 spiro atoms. The summed E-state index contributed by atoms with van der Waals surface area (Å²) in [5.74, 6) is 0. The Morgan fingerprint density at radius 1 is 1.10 bits per heavy atom. The van der Waals surface area contributed by atoms with Crippen LogP contribution in [-0.4, -0.2) is 34.6 Å². The Kier molecular flexibility index (Phi) is 38.2. The minimum absolute atomic E-state index is 0.125. The van der Waals surface area contributed by atoms with E-state index in [2.05, 4.69) is 13.2 Å². The van der Waals surface area contributed by atoms with Crippen LogP contribution in [0.1, 0.15) is 13.8 Å². The van der Waals surface area contributed by atoms with Crippen molar-refractivity contribution >= 4 is 0 Å². The summed E-state index contributed by atoms with van der Waals surface area (Å²) >= 11 is 0. The lowest BCUT2D eigenvalue weighted by molar-refractivity contribution is 0.186. The van der Waals surface area contributed by atoms with Crippen LogP contribution in [0.25, 0.3) is 0 Å². The van der Waals surface area contributed by atoms with Gasteiger partial charge >= 0.3 is 0 Å². The van der Waals surface area contributed by atoms with Gasteiger partial charge in [-0.25, -0.2) is 0 Å². The Bertz CT molecular complexity index is 33.1. The molecule has 3 nitrogen and oxygen atoms in total. The number of hydrogen-bond acceptors (Lipinski definition) is 3. The molecule has 0 bridgehead atoms. The summed E-state index contributed by atoms with van der Waals surface area (Å²) in [6.07, 6.45) is -0.167. The molecule has 0 unspecified atom stereocenters. The standard InChI is InChI=1S/C3H8O.C2H6O2.C2H4/c1-3(2)4;3-1-2-4;1-2/h3-4H,1-2H3;3-4H,1-2H2;1-2H2. The molecule has 3 N–H and O–H groups in total. The Balaban J connectivity index is -0.0000000787. The molecule has 0 aliphatic rings. The first-order chi connectivity index (χ1) is 4.65. The molecule has 0 radical (unpaired) electrons. The topological polar surface area (TPSA) is 60.7 Å². The third-order valence-electron chi connectivity index (χ3n) is 0.1000. The molecule has 0 aliphatic heterocycles. The smallest absolute Gasteiger partial charge is 0.0662 e. The average molecular weight is 150 g/mol. The molecular weight excluding hydrogens is 132 g/mol. The fourth-order valence-electron chi connectivity index (χ4n) is 0. The molecule has 0 rings (SSSR count). The van der Waals surface area contributed by atoms with Crippen LogP contribution in [0.2, 0.25) is 0 Å². The summed E-state index contributed by atoms with van der Waals surface area (Å²) in [6, 6.07) is 0. The van der Waals surface area contributed by atoms with E-state index in [0.29, 0.717) is 0 Å². The van der Waals surface area contributed by atoms with Crippen LogP contribution in [0.3, 0.4) is 0 Å². The maximum absolute atomic E-state index is 8.06. The van der Waals surface area contributed by atoms with Crippen molar-refractivity contribution in [2.24, 2.45) is 0 Å². The zero-order valence-corrected chi connectivity index (χ0v) is 6.75. The Hall–Kier alpha value is -0.380. The van der Waals surface area contributed by atoms with E-state index in [1.165, 1.54) is 0 Å². The molecule has 0 aliphatic carbocycles. The molecule has 0 saturated carbocycles. The van der Waals surface area contributed by atoms with Crippen LogP contribution in [0.15, 0.2) is 13.2 Å². The van der Waals surface area contributed by atoms with Gasteiger partial charge in [0.25, 0.3) is 0 Å². The van der Waals surface area contributed by atoms with Crippen molar-refractivity contribution in [2.45, 2.75) is 20.0 Å².